The van der Waals surface area contributed by atoms with E-state index in [2.05, 4.69) is 4.98 Å². The van der Waals surface area contributed by atoms with Crippen LogP contribution in [-0.2, 0) is 12.4 Å². The van der Waals surface area contributed by atoms with Crippen LogP contribution in [0.5, 0.6) is 11.5 Å². The number of fused-ring (bicyclic) bond motifs is 1. The number of aromatic nitrogens is 1. The molecule has 0 aliphatic carbocycles. The van der Waals surface area contributed by atoms with Crippen molar-refractivity contribution in [2.24, 2.45) is 0 Å². The smallest absolute Gasteiger partial charge is 0.420 e. The summed E-state index contributed by atoms with van der Waals surface area (Å²) in [5.41, 5.74) is 1.57. The number of rotatable bonds is 3. The van der Waals surface area contributed by atoms with Crippen LogP contribution >= 0.6 is 0 Å². The second kappa shape index (κ2) is 6.61. The van der Waals surface area contributed by atoms with E-state index in [1.165, 1.54) is 13.0 Å². The van der Waals surface area contributed by atoms with Crippen molar-refractivity contribution in [1.82, 2.24) is 4.98 Å². The molecule has 0 saturated carbocycles. The number of halogens is 6. The lowest BCUT2D eigenvalue weighted by molar-refractivity contribution is -0.144. The number of aromatic carboxylic acids is 1. The minimum absolute atomic E-state index is 0.156. The summed E-state index contributed by atoms with van der Waals surface area (Å²) < 4.78 is 85.0. The summed E-state index contributed by atoms with van der Waals surface area (Å²) in [7, 11) is 0. The maximum absolute atomic E-state index is 13.3. The largest absolute Gasteiger partial charge is 0.477 e. The van der Waals surface area contributed by atoms with Gasteiger partial charge in [0.05, 0.1) is 0 Å². The number of ether oxygens (including phenoxy) is 1. The number of nitrogens with one attached hydrogen (secondary N) is 1. The van der Waals surface area contributed by atoms with Crippen molar-refractivity contribution in [2.45, 2.75) is 19.3 Å². The Bertz CT molecular complexity index is 1080. The third-order valence-electron chi connectivity index (χ3n) is 4.19. The van der Waals surface area contributed by atoms with Crippen molar-refractivity contribution >= 4 is 22.6 Å². The van der Waals surface area contributed by atoms with Gasteiger partial charge in [-0.15, -0.1) is 0 Å². The number of hydrogen-bond donors (Lipinski definition) is 3. The SMILES string of the molecule is Cc1c(C(=O)O)[nH]c2ccc(Oc3c(C(F)(F)F)cc(N)cc3C(F)(F)F)cc12. The first kappa shape index (κ1) is 20.4. The number of carboxylic acid groups (broad SMARTS) is 1. The predicted octanol–water partition coefficient (Wildman–Crippen LogP) is 5.59. The minimum Gasteiger partial charge on any atom is -0.477 e. The zero-order valence-electron chi connectivity index (χ0n) is 14.5. The monoisotopic (exact) mass is 418 g/mol. The minimum atomic E-state index is -5.16. The lowest BCUT2D eigenvalue weighted by atomic mass is 10.1. The van der Waals surface area contributed by atoms with Crippen LogP contribution in [0.2, 0.25) is 0 Å². The van der Waals surface area contributed by atoms with Gasteiger partial charge in [-0.2, -0.15) is 26.3 Å². The quantitative estimate of drug-likeness (QED) is 0.382. The summed E-state index contributed by atoms with van der Waals surface area (Å²) >= 11 is 0. The highest BCUT2D eigenvalue weighted by Gasteiger charge is 2.43. The molecule has 0 radical (unpaired) electrons. The van der Waals surface area contributed by atoms with Crippen molar-refractivity contribution in [2.75, 3.05) is 5.73 Å². The molecule has 3 rings (SSSR count). The fourth-order valence-electron chi connectivity index (χ4n) is 2.88. The summed E-state index contributed by atoms with van der Waals surface area (Å²) in [6, 6.07) is 4.28. The van der Waals surface area contributed by atoms with Gasteiger partial charge in [-0.25, -0.2) is 4.79 Å². The highest BCUT2D eigenvalue weighted by Crippen LogP contribution is 2.47. The number of aromatic amines is 1. The highest BCUT2D eigenvalue weighted by atomic mass is 19.4. The number of alkyl halides is 6. The van der Waals surface area contributed by atoms with Crippen molar-refractivity contribution < 1.29 is 41.0 Å². The summed E-state index contributed by atoms with van der Waals surface area (Å²) in [4.78, 5) is 13.8. The van der Waals surface area contributed by atoms with E-state index in [1.54, 1.807) is 0 Å². The molecule has 2 aromatic carbocycles. The molecule has 0 saturated heterocycles. The second-order valence-electron chi connectivity index (χ2n) is 6.18. The Labute approximate surface area is 158 Å². The first-order chi connectivity index (χ1) is 13.3. The van der Waals surface area contributed by atoms with Gasteiger partial charge in [0.2, 0.25) is 0 Å². The molecule has 3 aromatic rings. The molecule has 0 fully saturated rings. The molecular formula is C18H12F6N2O3. The van der Waals surface area contributed by atoms with Crippen LogP contribution in [0.1, 0.15) is 27.2 Å². The van der Waals surface area contributed by atoms with Crippen LogP contribution in [0.3, 0.4) is 0 Å². The number of benzene rings is 2. The van der Waals surface area contributed by atoms with Gasteiger partial charge >= 0.3 is 18.3 Å². The number of carboxylic acids is 1. The molecule has 0 unspecified atom stereocenters. The third kappa shape index (κ3) is 3.80. The van der Waals surface area contributed by atoms with E-state index in [-0.39, 0.29) is 22.4 Å². The number of H-pyrrole nitrogens is 1. The molecule has 0 aliphatic rings. The maximum atomic E-state index is 13.3. The van der Waals surface area contributed by atoms with Crippen LogP contribution in [-0.4, -0.2) is 16.1 Å². The van der Waals surface area contributed by atoms with Gasteiger partial charge in [-0.05, 0) is 42.8 Å². The first-order valence-corrected chi connectivity index (χ1v) is 7.90. The zero-order chi connectivity index (χ0) is 21.7. The van der Waals surface area contributed by atoms with E-state index in [4.69, 9.17) is 15.6 Å². The fraction of sp³-hybridized carbons (Fsp3) is 0.167. The summed E-state index contributed by atoms with van der Waals surface area (Å²) in [6.45, 7) is 1.44. The molecule has 11 heteroatoms. The normalized spacial score (nSPS) is 12.4. The number of aryl methyl sites for hydroxylation is 1. The molecule has 29 heavy (non-hydrogen) atoms. The first-order valence-electron chi connectivity index (χ1n) is 7.90. The van der Waals surface area contributed by atoms with Crippen molar-refractivity contribution in [3.63, 3.8) is 0 Å². The summed E-state index contributed by atoms with van der Waals surface area (Å²) in [6.07, 6.45) is -10.3. The Balaban J connectivity index is 2.19. The number of hydrogen-bond acceptors (Lipinski definition) is 3. The molecule has 0 spiro atoms. The standard InChI is InChI=1S/C18H12F6N2O3/c1-7-10-6-9(2-3-13(10)26-14(7)16(27)28)29-15-11(17(19,20)21)4-8(25)5-12(15)18(22,23)24/h2-6,26H,25H2,1H3,(H,27,28). The molecule has 0 aliphatic heterocycles. The number of nitrogen functional groups attached to an aromatic ring is 1. The predicted molar refractivity (Wildman–Crippen MR) is 90.9 cm³/mol. The number of anilines is 1. The van der Waals surface area contributed by atoms with Gasteiger partial charge in [0, 0.05) is 16.6 Å². The molecule has 0 amide bonds. The van der Waals surface area contributed by atoms with Gasteiger partial charge in [-0.1, -0.05) is 0 Å². The third-order valence-corrected chi connectivity index (χ3v) is 4.19. The molecule has 5 nitrogen and oxygen atoms in total. The molecular weight excluding hydrogens is 406 g/mol. The van der Waals surface area contributed by atoms with E-state index in [9.17, 15) is 31.1 Å². The Morgan fingerprint density at radius 3 is 2.07 bits per heavy atom. The Morgan fingerprint density at radius 2 is 1.59 bits per heavy atom. The van der Waals surface area contributed by atoms with Gasteiger partial charge in [0.25, 0.3) is 0 Å². The van der Waals surface area contributed by atoms with Crippen LogP contribution in [0.4, 0.5) is 32.0 Å². The molecule has 0 bridgehead atoms. The Morgan fingerprint density at radius 1 is 1.03 bits per heavy atom. The second-order valence-corrected chi connectivity index (χ2v) is 6.18. The average Bonchev–Trinajstić information content (AvgIpc) is 2.91. The maximum Gasteiger partial charge on any atom is 0.420 e. The van der Waals surface area contributed by atoms with E-state index >= 15 is 0 Å². The van der Waals surface area contributed by atoms with Crippen LogP contribution in [0, 0.1) is 6.92 Å². The van der Waals surface area contributed by atoms with E-state index in [0.717, 1.165) is 12.1 Å². The van der Waals surface area contributed by atoms with Gasteiger partial charge in [0.15, 0.2) is 5.75 Å². The van der Waals surface area contributed by atoms with Gasteiger partial charge < -0.3 is 20.6 Å². The molecule has 1 heterocycles. The Hall–Kier alpha value is -3.37. The van der Waals surface area contributed by atoms with Crippen LogP contribution in [0.15, 0.2) is 30.3 Å². The molecule has 1 aromatic heterocycles. The topological polar surface area (TPSA) is 88.3 Å². The lowest BCUT2D eigenvalue weighted by Crippen LogP contribution is -2.15. The van der Waals surface area contributed by atoms with Crippen molar-refractivity contribution in [1.29, 1.82) is 0 Å². The van der Waals surface area contributed by atoms with Crippen LogP contribution in [0.25, 0.3) is 10.9 Å². The Kier molecular flexibility index (Phi) is 4.64. The zero-order valence-corrected chi connectivity index (χ0v) is 14.5. The number of carbonyl (C=O) groups is 1. The highest BCUT2D eigenvalue weighted by molar-refractivity contribution is 5.97. The van der Waals surface area contributed by atoms with Crippen molar-refractivity contribution in [3.05, 3.63) is 52.7 Å². The number of nitrogens with two attached hydrogens (primary N) is 1. The van der Waals surface area contributed by atoms with E-state index in [1.807, 2.05) is 0 Å². The summed E-state index contributed by atoms with van der Waals surface area (Å²) in [5.74, 6) is -3.04. The van der Waals surface area contributed by atoms with Gasteiger partial charge in [0.1, 0.15) is 22.6 Å². The van der Waals surface area contributed by atoms with E-state index in [0.29, 0.717) is 17.6 Å². The average molecular weight is 418 g/mol. The van der Waals surface area contributed by atoms with Gasteiger partial charge in [-0.3, -0.25) is 0 Å². The molecule has 154 valence electrons. The van der Waals surface area contributed by atoms with Crippen LogP contribution < -0.4 is 10.5 Å². The van der Waals surface area contributed by atoms with Crippen molar-refractivity contribution in [3.8, 4) is 11.5 Å². The van der Waals surface area contributed by atoms with E-state index < -0.39 is 40.9 Å². The molecule has 4 N–H and O–H groups in total. The lowest BCUT2D eigenvalue weighted by Gasteiger charge is -2.20. The summed E-state index contributed by atoms with van der Waals surface area (Å²) in [5, 5.41) is 9.40. The molecule has 0 atom stereocenters. The fourth-order valence-corrected chi connectivity index (χ4v) is 2.88.